The van der Waals surface area contributed by atoms with Crippen LogP contribution in [0.15, 0.2) is 59.5 Å². The van der Waals surface area contributed by atoms with E-state index in [2.05, 4.69) is 0 Å². The van der Waals surface area contributed by atoms with Crippen LogP contribution in [0, 0.1) is 6.92 Å². The van der Waals surface area contributed by atoms with Crippen LogP contribution < -0.4 is 0 Å². The van der Waals surface area contributed by atoms with Gasteiger partial charge >= 0.3 is 0 Å². The number of sulfonamides is 1. The molecule has 0 aromatic heterocycles. The molecule has 2 atom stereocenters. The molecule has 2 aromatic rings. The minimum atomic E-state index is -3.57. The predicted molar refractivity (Wildman–Crippen MR) is 87.5 cm³/mol. The lowest BCUT2D eigenvalue weighted by atomic mass is 10.0. The first kappa shape index (κ1) is 15.6. The number of hydrogen-bond donors (Lipinski definition) is 0. The van der Waals surface area contributed by atoms with E-state index in [0.29, 0.717) is 0 Å². The summed E-state index contributed by atoms with van der Waals surface area (Å²) in [6.07, 6.45) is -0.272. The van der Waals surface area contributed by atoms with E-state index in [1.54, 1.807) is 24.3 Å². The third-order valence-electron chi connectivity index (χ3n) is 3.67. The van der Waals surface area contributed by atoms with Crippen molar-refractivity contribution in [2.24, 2.45) is 0 Å². The largest absolute Gasteiger partial charge is 0.290 e. The van der Waals surface area contributed by atoms with E-state index in [1.165, 1.54) is 3.71 Å². The normalized spacial score (nSPS) is 22.8. The molecule has 6 heteroatoms. The van der Waals surface area contributed by atoms with E-state index >= 15 is 0 Å². The van der Waals surface area contributed by atoms with Gasteiger partial charge in [0.2, 0.25) is 0 Å². The summed E-state index contributed by atoms with van der Waals surface area (Å²) in [5.74, 6) is 0. The first-order valence-electron chi connectivity index (χ1n) is 6.99. The number of rotatable bonds is 3. The van der Waals surface area contributed by atoms with E-state index in [1.807, 2.05) is 44.2 Å². The van der Waals surface area contributed by atoms with Crippen molar-refractivity contribution in [3.8, 4) is 0 Å². The molecule has 1 aliphatic rings. The van der Waals surface area contributed by atoms with Gasteiger partial charge < -0.3 is 0 Å². The molecule has 1 fully saturated rings. The molecule has 22 heavy (non-hydrogen) atoms. The fourth-order valence-corrected chi connectivity index (χ4v) is 5.01. The third kappa shape index (κ3) is 2.79. The average molecular weight is 335 g/mol. The number of benzene rings is 2. The lowest BCUT2D eigenvalue weighted by Crippen LogP contribution is -2.31. The second kappa shape index (κ2) is 6.04. The highest BCUT2D eigenvalue weighted by atomic mass is 32.3. The summed E-state index contributed by atoms with van der Waals surface area (Å²) in [6.45, 7) is 3.79. The maximum Gasteiger partial charge on any atom is 0.254 e. The van der Waals surface area contributed by atoms with Gasteiger partial charge in [-0.2, -0.15) is 0 Å². The summed E-state index contributed by atoms with van der Waals surface area (Å²) in [6, 6.07) is 16.3. The van der Waals surface area contributed by atoms with Crippen molar-refractivity contribution >= 4 is 22.3 Å². The van der Waals surface area contributed by atoms with Crippen molar-refractivity contribution in [1.82, 2.24) is 3.71 Å². The Kier molecular flexibility index (Phi) is 4.27. The molecule has 3 rings (SSSR count). The highest BCUT2D eigenvalue weighted by Gasteiger charge is 2.42. The summed E-state index contributed by atoms with van der Waals surface area (Å²) in [7, 11) is -3.57. The Morgan fingerprint density at radius 2 is 1.68 bits per heavy atom. The highest BCUT2D eigenvalue weighted by molar-refractivity contribution is 8.06. The molecule has 0 N–H and O–H groups in total. The summed E-state index contributed by atoms with van der Waals surface area (Å²) in [5, 5.41) is 0. The molecule has 0 unspecified atom stereocenters. The molecule has 1 saturated heterocycles. The molecule has 1 aliphatic heterocycles. The number of hydrogen-bond acceptors (Lipinski definition) is 4. The first-order chi connectivity index (χ1) is 10.5. The fraction of sp³-hybridized carbons (Fsp3) is 0.250. The topological polar surface area (TPSA) is 46.6 Å². The summed E-state index contributed by atoms with van der Waals surface area (Å²) >= 11 is 0.905. The molecule has 4 nitrogen and oxygen atoms in total. The van der Waals surface area contributed by atoms with Gasteiger partial charge in [0.1, 0.15) is 6.10 Å². The Hall–Kier alpha value is -1.34. The van der Waals surface area contributed by atoms with Gasteiger partial charge in [-0.15, -0.1) is 3.71 Å². The number of aryl methyl sites for hydroxylation is 1. The lowest BCUT2D eigenvalue weighted by Gasteiger charge is -2.20. The Morgan fingerprint density at radius 1 is 1.05 bits per heavy atom. The maximum atomic E-state index is 12.8. The SMILES string of the molecule is Cc1ccc(S(=O)(=O)N2SO[C@@H](c3ccccc3)[C@H]2C)cc1. The Labute approximate surface area is 135 Å². The van der Waals surface area contributed by atoms with Gasteiger partial charge in [-0.05, 0) is 31.5 Å². The smallest absolute Gasteiger partial charge is 0.254 e. The van der Waals surface area contributed by atoms with Crippen LogP contribution in [0.25, 0.3) is 0 Å². The van der Waals surface area contributed by atoms with Crippen LogP contribution in [0.1, 0.15) is 24.2 Å². The molecule has 0 aliphatic carbocycles. The van der Waals surface area contributed by atoms with E-state index in [0.717, 1.165) is 23.4 Å². The molecule has 0 spiro atoms. The molecule has 0 bridgehead atoms. The first-order valence-corrected chi connectivity index (χ1v) is 9.13. The van der Waals surface area contributed by atoms with Crippen LogP contribution >= 0.6 is 12.2 Å². The molecule has 0 saturated carbocycles. The molecule has 1 heterocycles. The highest BCUT2D eigenvalue weighted by Crippen LogP contribution is 2.43. The monoisotopic (exact) mass is 335 g/mol. The minimum absolute atomic E-state index is 0.272. The van der Waals surface area contributed by atoms with Crippen molar-refractivity contribution in [3.05, 3.63) is 65.7 Å². The van der Waals surface area contributed by atoms with Gasteiger partial charge in [0.05, 0.1) is 23.2 Å². The molecule has 0 radical (unpaired) electrons. The Morgan fingerprint density at radius 3 is 2.32 bits per heavy atom. The standard InChI is InChI=1S/C16H17NO3S2/c1-12-8-10-15(11-9-12)22(18,19)17-13(2)16(20-21-17)14-6-4-3-5-7-14/h3-11,13,16H,1-2H3/t13-,16-/m1/s1. The van der Waals surface area contributed by atoms with Crippen LogP contribution in [0.4, 0.5) is 0 Å². The second-order valence-electron chi connectivity index (χ2n) is 5.32. The van der Waals surface area contributed by atoms with Crippen LogP contribution in [0.3, 0.4) is 0 Å². The third-order valence-corrected chi connectivity index (χ3v) is 6.89. The Bertz CT molecular complexity index is 745. The van der Waals surface area contributed by atoms with Gasteiger partial charge in [-0.1, -0.05) is 48.0 Å². The van der Waals surface area contributed by atoms with Crippen LogP contribution in [-0.2, 0) is 14.2 Å². The average Bonchev–Trinajstić information content (AvgIpc) is 2.91. The zero-order valence-electron chi connectivity index (χ0n) is 12.3. The van der Waals surface area contributed by atoms with Gasteiger partial charge in [0.25, 0.3) is 10.0 Å². The fourth-order valence-electron chi connectivity index (χ4n) is 2.40. The summed E-state index contributed by atoms with van der Waals surface area (Å²) < 4.78 is 32.5. The van der Waals surface area contributed by atoms with Crippen LogP contribution in [-0.4, -0.2) is 18.2 Å². The van der Waals surface area contributed by atoms with E-state index in [4.69, 9.17) is 4.18 Å². The van der Waals surface area contributed by atoms with Crippen molar-refractivity contribution in [2.45, 2.75) is 30.9 Å². The van der Waals surface area contributed by atoms with Crippen molar-refractivity contribution in [3.63, 3.8) is 0 Å². The lowest BCUT2D eigenvalue weighted by molar-refractivity contribution is 0.232. The van der Waals surface area contributed by atoms with Gasteiger partial charge in [0, 0.05) is 0 Å². The van der Waals surface area contributed by atoms with E-state index in [-0.39, 0.29) is 17.0 Å². The number of nitrogens with zero attached hydrogens (tertiary/aromatic N) is 1. The molecular weight excluding hydrogens is 318 g/mol. The van der Waals surface area contributed by atoms with Crippen LogP contribution in [0.5, 0.6) is 0 Å². The second-order valence-corrected chi connectivity index (χ2v) is 8.10. The summed E-state index contributed by atoms with van der Waals surface area (Å²) in [5.41, 5.74) is 2.00. The quantitative estimate of drug-likeness (QED) is 0.634. The van der Waals surface area contributed by atoms with Gasteiger partial charge in [0.15, 0.2) is 0 Å². The van der Waals surface area contributed by atoms with Crippen molar-refractivity contribution in [1.29, 1.82) is 0 Å². The zero-order chi connectivity index (χ0) is 15.7. The van der Waals surface area contributed by atoms with Gasteiger partial charge in [-0.25, -0.2) is 8.42 Å². The van der Waals surface area contributed by atoms with Gasteiger partial charge in [-0.3, -0.25) is 4.18 Å². The van der Waals surface area contributed by atoms with Crippen LogP contribution in [0.2, 0.25) is 0 Å². The summed E-state index contributed by atoms with van der Waals surface area (Å²) in [4.78, 5) is 0.287. The van der Waals surface area contributed by atoms with E-state index in [9.17, 15) is 8.42 Å². The Balaban J connectivity index is 1.88. The van der Waals surface area contributed by atoms with E-state index < -0.39 is 10.0 Å². The molecule has 116 valence electrons. The van der Waals surface area contributed by atoms with Crippen molar-refractivity contribution in [2.75, 3.05) is 0 Å². The van der Waals surface area contributed by atoms with Crippen molar-refractivity contribution < 1.29 is 12.6 Å². The molecule has 2 aromatic carbocycles. The molecular formula is C16H17NO3S2. The molecule has 0 amide bonds. The minimum Gasteiger partial charge on any atom is -0.290 e. The maximum absolute atomic E-state index is 12.8. The zero-order valence-corrected chi connectivity index (χ0v) is 14.0. The predicted octanol–water partition coefficient (Wildman–Crippen LogP) is 3.71.